The van der Waals surface area contributed by atoms with E-state index in [1.54, 1.807) is 0 Å². The van der Waals surface area contributed by atoms with E-state index >= 15 is 0 Å². The zero-order valence-electron chi connectivity index (χ0n) is 13.0. The van der Waals surface area contributed by atoms with E-state index < -0.39 is 0 Å². The smallest absolute Gasteiger partial charge is 0.125 e. The van der Waals surface area contributed by atoms with Crippen molar-refractivity contribution in [2.24, 2.45) is 0 Å². The highest BCUT2D eigenvalue weighted by atomic mass is 35.5. The molecule has 1 N–H and O–H groups in total. The Kier molecular flexibility index (Phi) is 7.34. The monoisotopic (exact) mass is 310 g/mol. The van der Waals surface area contributed by atoms with Gasteiger partial charge >= 0.3 is 0 Å². The van der Waals surface area contributed by atoms with Crippen LogP contribution >= 0.6 is 11.6 Å². The van der Waals surface area contributed by atoms with Crippen molar-refractivity contribution in [3.8, 4) is 5.75 Å². The maximum Gasteiger partial charge on any atom is 0.125 e. The van der Waals surface area contributed by atoms with Gasteiger partial charge in [0.25, 0.3) is 0 Å². The fraction of sp³-hybridized carbons (Fsp3) is 0.647. The zero-order valence-corrected chi connectivity index (χ0v) is 13.8. The average molecular weight is 311 g/mol. The molecule has 3 nitrogen and oxygen atoms in total. The Morgan fingerprint density at radius 2 is 2.10 bits per heavy atom. The van der Waals surface area contributed by atoms with Crippen LogP contribution < -0.4 is 10.1 Å². The van der Waals surface area contributed by atoms with Crippen molar-refractivity contribution in [3.63, 3.8) is 0 Å². The van der Waals surface area contributed by atoms with Crippen molar-refractivity contribution in [1.29, 1.82) is 0 Å². The quantitative estimate of drug-likeness (QED) is 0.704. The lowest BCUT2D eigenvalue weighted by Crippen LogP contribution is -2.22. The second-order valence-electron chi connectivity index (χ2n) is 5.64. The van der Waals surface area contributed by atoms with Crippen LogP contribution in [0.1, 0.15) is 38.2 Å². The second kappa shape index (κ2) is 9.29. The number of benzene rings is 1. The van der Waals surface area contributed by atoms with Gasteiger partial charge in [0.05, 0.1) is 6.61 Å². The molecule has 0 aromatic heterocycles. The van der Waals surface area contributed by atoms with Crippen LogP contribution in [0, 0.1) is 0 Å². The van der Waals surface area contributed by atoms with Crippen LogP contribution in [0.2, 0.25) is 5.02 Å². The highest BCUT2D eigenvalue weighted by Gasteiger charge is 2.11. The van der Waals surface area contributed by atoms with Crippen LogP contribution in [0.15, 0.2) is 18.2 Å². The number of nitrogens with one attached hydrogen (secondary N) is 1. The molecule has 1 saturated heterocycles. The van der Waals surface area contributed by atoms with E-state index in [0.29, 0.717) is 0 Å². The highest BCUT2D eigenvalue weighted by molar-refractivity contribution is 6.31. The SMILES string of the molecule is CCCNCc1c(Cl)cccc1OCCCN1CCCC1. The van der Waals surface area contributed by atoms with Gasteiger partial charge in [-0.05, 0) is 57.5 Å². The summed E-state index contributed by atoms with van der Waals surface area (Å²) >= 11 is 6.30. The van der Waals surface area contributed by atoms with Crippen molar-refractivity contribution >= 4 is 11.6 Å². The molecule has 0 aliphatic carbocycles. The summed E-state index contributed by atoms with van der Waals surface area (Å²) < 4.78 is 5.96. The van der Waals surface area contributed by atoms with Crippen LogP contribution in [-0.2, 0) is 6.54 Å². The normalized spacial score (nSPS) is 15.5. The summed E-state index contributed by atoms with van der Waals surface area (Å²) in [6.07, 6.45) is 4.90. The number of hydrogen-bond acceptors (Lipinski definition) is 3. The van der Waals surface area contributed by atoms with Crippen LogP contribution in [-0.4, -0.2) is 37.7 Å². The predicted molar refractivity (Wildman–Crippen MR) is 89.2 cm³/mol. The number of hydrogen-bond donors (Lipinski definition) is 1. The molecule has 118 valence electrons. The molecular weight excluding hydrogens is 284 g/mol. The fourth-order valence-corrected chi connectivity index (χ4v) is 2.95. The van der Waals surface area contributed by atoms with Gasteiger partial charge in [-0.3, -0.25) is 0 Å². The third-order valence-electron chi connectivity index (χ3n) is 3.88. The first-order valence-electron chi connectivity index (χ1n) is 8.14. The Hall–Kier alpha value is -0.770. The molecule has 1 heterocycles. The van der Waals surface area contributed by atoms with Gasteiger partial charge in [-0.15, -0.1) is 0 Å². The minimum absolute atomic E-state index is 0.762. The Balaban J connectivity index is 1.79. The molecule has 0 bridgehead atoms. The van der Waals surface area contributed by atoms with Gasteiger partial charge in [-0.25, -0.2) is 0 Å². The zero-order chi connectivity index (χ0) is 14.9. The van der Waals surface area contributed by atoms with E-state index in [1.165, 1.54) is 25.9 Å². The molecule has 0 spiro atoms. The molecule has 1 aromatic rings. The number of halogens is 1. The highest BCUT2D eigenvalue weighted by Crippen LogP contribution is 2.26. The summed E-state index contributed by atoms with van der Waals surface area (Å²) in [5.74, 6) is 0.924. The lowest BCUT2D eigenvalue weighted by Gasteiger charge is -2.16. The summed E-state index contributed by atoms with van der Waals surface area (Å²) in [6, 6.07) is 5.91. The lowest BCUT2D eigenvalue weighted by atomic mass is 10.2. The summed E-state index contributed by atoms with van der Waals surface area (Å²) in [5, 5.41) is 4.18. The fourth-order valence-electron chi connectivity index (χ4n) is 2.71. The standard InChI is InChI=1S/C17H27ClN2O/c1-2-9-19-14-15-16(18)7-5-8-17(15)21-13-6-12-20-10-3-4-11-20/h5,7-8,19H,2-4,6,9-14H2,1H3. The topological polar surface area (TPSA) is 24.5 Å². The van der Waals surface area contributed by atoms with Crippen LogP contribution in [0.4, 0.5) is 0 Å². The molecule has 0 amide bonds. The van der Waals surface area contributed by atoms with Gasteiger partial charge in [0.15, 0.2) is 0 Å². The van der Waals surface area contributed by atoms with Crippen LogP contribution in [0.3, 0.4) is 0 Å². The van der Waals surface area contributed by atoms with Gasteiger partial charge in [0.1, 0.15) is 5.75 Å². The molecule has 0 atom stereocenters. The molecule has 21 heavy (non-hydrogen) atoms. The van der Waals surface area contributed by atoms with Crippen molar-refractivity contribution in [2.45, 2.75) is 39.2 Å². The molecule has 1 fully saturated rings. The van der Waals surface area contributed by atoms with Crippen LogP contribution in [0.5, 0.6) is 5.75 Å². The van der Waals surface area contributed by atoms with E-state index in [0.717, 1.165) is 55.4 Å². The minimum Gasteiger partial charge on any atom is -0.493 e. The Morgan fingerprint density at radius 3 is 2.86 bits per heavy atom. The molecule has 0 unspecified atom stereocenters. The average Bonchev–Trinajstić information content (AvgIpc) is 2.99. The van der Waals surface area contributed by atoms with Gasteiger partial charge in [-0.2, -0.15) is 0 Å². The third-order valence-corrected chi connectivity index (χ3v) is 4.23. The number of likely N-dealkylation sites (tertiary alicyclic amines) is 1. The Morgan fingerprint density at radius 1 is 1.29 bits per heavy atom. The van der Waals surface area contributed by atoms with Crippen molar-refractivity contribution in [2.75, 3.05) is 32.8 Å². The summed E-state index contributed by atoms with van der Waals surface area (Å²) in [4.78, 5) is 2.52. The second-order valence-corrected chi connectivity index (χ2v) is 6.05. The summed E-state index contributed by atoms with van der Waals surface area (Å²) in [7, 11) is 0. The van der Waals surface area contributed by atoms with Gasteiger partial charge in [-0.1, -0.05) is 24.6 Å². The molecule has 2 rings (SSSR count). The summed E-state index contributed by atoms with van der Waals surface area (Å²) in [6.45, 7) is 8.35. The number of ether oxygens (including phenoxy) is 1. The van der Waals surface area contributed by atoms with Crippen molar-refractivity contribution in [1.82, 2.24) is 10.2 Å². The van der Waals surface area contributed by atoms with Gasteiger partial charge in [0, 0.05) is 23.7 Å². The molecule has 0 saturated carbocycles. The first-order chi connectivity index (χ1) is 10.3. The minimum atomic E-state index is 0.762. The van der Waals surface area contributed by atoms with Gasteiger partial charge < -0.3 is 15.0 Å². The van der Waals surface area contributed by atoms with Crippen molar-refractivity contribution < 1.29 is 4.74 Å². The molecule has 0 radical (unpaired) electrons. The maximum absolute atomic E-state index is 6.30. The van der Waals surface area contributed by atoms with E-state index in [-0.39, 0.29) is 0 Å². The van der Waals surface area contributed by atoms with E-state index in [9.17, 15) is 0 Å². The Labute approximate surface area is 133 Å². The largest absolute Gasteiger partial charge is 0.493 e. The van der Waals surface area contributed by atoms with E-state index in [2.05, 4.69) is 17.1 Å². The molecule has 1 aliphatic heterocycles. The molecule has 1 aromatic carbocycles. The number of rotatable bonds is 9. The predicted octanol–water partition coefficient (Wildman–Crippen LogP) is 3.70. The van der Waals surface area contributed by atoms with Crippen LogP contribution in [0.25, 0.3) is 0 Å². The Bertz CT molecular complexity index is 419. The lowest BCUT2D eigenvalue weighted by molar-refractivity contribution is 0.261. The molecular formula is C17H27ClN2O. The molecule has 1 aliphatic rings. The summed E-state index contributed by atoms with van der Waals surface area (Å²) in [5.41, 5.74) is 1.08. The van der Waals surface area contributed by atoms with Gasteiger partial charge in [0.2, 0.25) is 0 Å². The number of nitrogens with zero attached hydrogens (tertiary/aromatic N) is 1. The first kappa shape index (κ1) is 16.6. The van der Waals surface area contributed by atoms with E-state index in [4.69, 9.17) is 16.3 Å². The third kappa shape index (κ3) is 5.50. The van der Waals surface area contributed by atoms with Crippen molar-refractivity contribution in [3.05, 3.63) is 28.8 Å². The van der Waals surface area contributed by atoms with E-state index in [1.807, 2.05) is 18.2 Å². The maximum atomic E-state index is 6.30. The first-order valence-corrected chi connectivity index (χ1v) is 8.52. The molecule has 4 heteroatoms.